The van der Waals surface area contributed by atoms with Gasteiger partial charge in [0.2, 0.25) is 0 Å². The Bertz CT molecular complexity index is 493. The van der Waals surface area contributed by atoms with E-state index in [4.69, 9.17) is 4.74 Å². The molecule has 1 aliphatic rings. The van der Waals surface area contributed by atoms with Crippen LogP contribution in [0.1, 0.15) is 83.1 Å². The van der Waals surface area contributed by atoms with Crippen molar-refractivity contribution in [3.63, 3.8) is 0 Å². The zero-order valence-corrected chi connectivity index (χ0v) is 15.7. The average Bonchev–Trinajstić information content (AvgIpc) is 3.19. The minimum absolute atomic E-state index is 0.0311. The predicted octanol–water partition coefficient (Wildman–Crippen LogP) is 5.36. The predicted molar refractivity (Wildman–Crippen MR) is 101 cm³/mol. The van der Waals surface area contributed by atoms with E-state index in [9.17, 15) is 9.90 Å². The number of hydrogen-bond acceptors (Lipinski definition) is 3. The van der Waals surface area contributed by atoms with Crippen LogP contribution in [-0.2, 0) is 15.1 Å². The molecule has 0 spiro atoms. The van der Waals surface area contributed by atoms with E-state index in [1.54, 1.807) is 0 Å². The third-order valence-electron chi connectivity index (χ3n) is 5.45. The fourth-order valence-electron chi connectivity index (χ4n) is 3.89. The smallest absolute Gasteiger partial charge is 0.343 e. The molecule has 0 heterocycles. The largest absolute Gasteiger partial charge is 0.463 e. The van der Waals surface area contributed by atoms with Crippen molar-refractivity contribution in [1.29, 1.82) is 0 Å². The lowest BCUT2D eigenvalue weighted by Crippen LogP contribution is -2.43. The average molecular weight is 347 g/mol. The zero-order chi connectivity index (χ0) is 18.0. The van der Waals surface area contributed by atoms with Gasteiger partial charge in [-0.2, -0.15) is 0 Å². The summed E-state index contributed by atoms with van der Waals surface area (Å²) >= 11 is 0. The number of ether oxygens (including phenoxy) is 1. The number of rotatable bonds is 11. The standard InChI is InChI=1S/C22H34O3/c1-2-3-4-5-6-7-13-18-25-21(23)22(24,20-16-11-12-17-20)19-14-9-8-10-15-19/h8-10,14-15,20,24H,2-7,11-13,16-18H2,1H3. The summed E-state index contributed by atoms with van der Waals surface area (Å²) in [6.45, 7) is 2.63. The minimum Gasteiger partial charge on any atom is -0.463 e. The van der Waals surface area contributed by atoms with Crippen molar-refractivity contribution in [2.24, 2.45) is 5.92 Å². The number of unbranched alkanes of at least 4 members (excludes halogenated alkanes) is 6. The second kappa shape index (κ2) is 10.6. The number of carbonyl (C=O) groups excluding carboxylic acids is 1. The summed E-state index contributed by atoms with van der Waals surface area (Å²) in [5, 5.41) is 11.3. The van der Waals surface area contributed by atoms with Crippen LogP contribution >= 0.6 is 0 Å². The Hall–Kier alpha value is -1.35. The molecule has 1 atom stereocenters. The van der Waals surface area contributed by atoms with Crippen LogP contribution in [-0.4, -0.2) is 17.7 Å². The molecule has 1 aliphatic carbocycles. The van der Waals surface area contributed by atoms with E-state index in [1.807, 2.05) is 30.3 Å². The zero-order valence-electron chi connectivity index (χ0n) is 15.7. The topological polar surface area (TPSA) is 46.5 Å². The molecule has 0 bridgehead atoms. The molecule has 3 heteroatoms. The first-order valence-corrected chi connectivity index (χ1v) is 10.1. The van der Waals surface area contributed by atoms with Gasteiger partial charge < -0.3 is 9.84 Å². The summed E-state index contributed by atoms with van der Waals surface area (Å²) < 4.78 is 5.51. The van der Waals surface area contributed by atoms with Crippen LogP contribution in [0.25, 0.3) is 0 Å². The first kappa shape index (κ1) is 20.0. The fraction of sp³-hybridized carbons (Fsp3) is 0.682. The minimum atomic E-state index is -1.49. The Labute approximate surface area is 152 Å². The van der Waals surface area contributed by atoms with Crippen LogP contribution < -0.4 is 0 Å². The number of carbonyl (C=O) groups is 1. The van der Waals surface area contributed by atoms with Gasteiger partial charge in [0.25, 0.3) is 0 Å². The van der Waals surface area contributed by atoms with E-state index in [0.717, 1.165) is 38.5 Å². The van der Waals surface area contributed by atoms with Crippen molar-refractivity contribution >= 4 is 5.97 Å². The van der Waals surface area contributed by atoms with Crippen LogP contribution in [0.5, 0.6) is 0 Å². The van der Waals surface area contributed by atoms with E-state index in [0.29, 0.717) is 12.2 Å². The molecule has 0 aromatic heterocycles. The number of aliphatic hydroxyl groups is 1. The molecular formula is C22H34O3. The highest BCUT2D eigenvalue weighted by atomic mass is 16.5. The van der Waals surface area contributed by atoms with E-state index in [2.05, 4.69) is 6.92 Å². The highest BCUT2D eigenvalue weighted by Gasteiger charge is 2.47. The van der Waals surface area contributed by atoms with Gasteiger partial charge in [-0.25, -0.2) is 4.79 Å². The van der Waals surface area contributed by atoms with Gasteiger partial charge in [0.05, 0.1) is 6.61 Å². The Morgan fingerprint density at radius 3 is 2.28 bits per heavy atom. The van der Waals surface area contributed by atoms with Crippen LogP contribution in [0.15, 0.2) is 30.3 Å². The van der Waals surface area contributed by atoms with Crippen molar-refractivity contribution in [3.05, 3.63) is 35.9 Å². The van der Waals surface area contributed by atoms with Crippen LogP contribution in [0.4, 0.5) is 0 Å². The monoisotopic (exact) mass is 346 g/mol. The molecule has 1 aromatic carbocycles. The third-order valence-corrected chi connectivity index (χ3v) is 5.45. The van der Waals surface area contributed by atoms with Gasteiger partial charge in [-0.15, -0.1) is 0 Å². The van der Waals surface area contributed by atoms with E-state index < -0.39 is 11.6 Å². The van der Waals surface area contributed by atoms with Crippen LogP contribution in [0.2, 0.25) is 0 Å². The maximum atomic E-state index is 12.8. The molecule has 3 nitrogen and oxygen atoms in total. The second-order valence-corrected chi connectivity index (χ2v) is 7.37. The van der Waals surface area contributed by atoms with Crippen molar-refractivity contribution in [2.75, 3.05) is 6.61 Å². The quantitative estimate of drug-likeness (QED) is 0.433. The van der Waals surface area contributed by atoms with Crippen LogP contribution in [0.3, 0.4) is 0 Å². The molecule has 1 aromatic rings. The summed E-state index contributed by atoms with van der Waals surface area (Å²) in [5.41, 5.74) is -0.815. The molecule has 1 N–H and O–H groups in total. The Balaban J connectivity index is 1.85. The van der Waals surface area contributed by atoms with Crippen molar-refractivity contribution in [2.45, 2.75) is 83.2 Å². The molecule has 1 saturated carbocycles. The first-order chi connectivity index (χ1) is 12.2. The van der Waals surface area contributed by atoms with E-state index in [-0.39, 0.29) is 5.92 Å². The number of esters is 1. The molecular weight excluding hydrogens is 312 g/mol. The number of benzene rings is 1. The third kappa shape index (κ3) is 5.57. The summed E-state index contributed by atoms with van der Waals surface area (Å²) in [7, 11) is 0. The van der Waals surface area contributed by atoms with Gasteiger partial charge in [-0.05, 0) is 24.8 Å². The van der Waals surface area contributed by atoms with Crippen molar-refractivity contribution in [3.8, 4) is 0 Å². The fourth-order valence-corrected chi connectivity index (χ4v) is 3.89. The van der Waals surface area contributed by atoms with Gasteiger partial charge >= 0.3 is 5.97 Å². The molecule has 0 aliphatic heterocycles. The van der Waals surface area contributed by atoms with Gasteiger partial charge in [0, 0.05) is 5.92 Å². The normalized spacial score (nSPS) is 17.4. The summed E-state index contributed by atoms with van der Waals surface area (Å²) in [6, 6.07) is 9.33. The summed E-state index contributed by atoms with van der Waals surface area (Å²) in [6.07, 6.45) is 12.2. The SMILES string of the molecule is CCCCCCCCCOC(=O)C(O)(c1ccccc1)C1CCCC1. The lowest BCUT2D eigenvalue weighted by Gasteiger charge is -2.32. The lowest BCUT2D eigenvalue weighted by molar-refractivity contribution is -0.174. The van der Waals surface area contributed by atoms with Crippen LogP contribution in [0, 0.1) is 5.92 Å². The molecule has 140 valence electrons. The number of hydrogen-bond donors (Lipinski definition) is 1. The molecule has 1 unspecified atom stereocenters. The summed E-state index contributed by atoms with van der Waals surface area (Å²) in [4.78, 5) is 12.8. The Morgan fingerprint density at radius 1 is 1.04 bits per heavy atom. The maximum absolute atomic E-state index is 12.8. The Morgan fingerprint density at radius 2 is 1.64 bits per heavy atom. The molecule has 2 rings (SSSR count). The van der Waals surface area contributed by atoms with Gasteiger partial charge in [0.15, 0.2) is 5.60 Å². The highest BCUT2D eigenvalue weighted by molar-refractivity contribution is 5.81. The van der Waals surface area contributed by atoms with Gasteiger partial charge in [-0.3, -0.25) is 0 Å². The van der Waals surface area contributed by atoms with E-state index >= 15 is 0 Å². The molecule has 0 radical (unpaired) electrons. The molecule has 0 saturated heterocycles. The molecule has 1 fully saturated rings. The second-order valence-electron chi connectivity index (χ2n) is 7.37. The van der Waals surface area contributed by atoms with E-state index in [1.165, 1.54) is 32.1 Å². The van der Waals surface area contributed by atoms with Crippen molar-refractivity contribution in [1.82, 2.24) is 0 Å². The Kier molecular flexibility index (Phi) is 8.47. The van der Waals surface area contributed by atoms with Crippen molar-refractivity contribution < 1.29 is 14.6 Å². The lowest BCUT2D eigenvalue weighted by atomic mass is 9.80. The highest BCUT2D eigenvalue weighted by Crippen LogP contribution is 2.41. The molecule has 0 amide bonds. The maximum Gasteiger partial charge on any atom is 0.343 e. The molecule has 25 heavy (non-hydrogen) atoms. The van der Waals surface area contributed by atoms with Gasteiger partial charge in [0.1, 0.15) is 0 Å². The summed E-state index contributed by atoms with van der Waals surface area (Å²) in [5.74, 6) is -0.493. The first-order valence-electron chi connectivity index (χ1n) is 10.1. The van der Waals surface area contributed by atoms with Gasteiger partial charge in [-0.1, -0.05) is 88.6 Å².